The van der Waals surface area contributed by atoms with Crippen LogP contribution in [0.5, 0.6) is 0 Å². The number of nitrogens with two attached hydrogens (primary N) is 1. The van der Waals surface area contributed by atoms with Crippen molar-refractivity contribution >= 4 is 29.1 Å². The maximum absolute atomic E-state index is 11.8. The third-order valence-electron chi connectivity index (χ3n) is 1.59. The van der Waals surface area contributed by atoms with E-state index >= 15 is 0 Å². The van der Waals surface area contributed by atoms with Gasteiger partial charge in [-0.2, -0.15) is 18.3 Å². The van der Waals surface area contributed by atoms with Crippen LogP contribution in [0, 0.1) is 0 Å². The van der Waals surface area contributed by atoms with Crippen molar-refractivity contribution < 1.29 is 18.0 Å². The van der Waals surface area contributed by atoms with Gasteiger partial charge in [-0.25, -0.2) is 4.79 Å². The van der Waals surface area contributed by atoms with Gasteiger partial charge in [0.05, 0.1) is 11.8 Å². The smallest absolute Gasteiger partial charge is 0.389 e. The van der Waals surface area contributed by atoms with Gasteiger partial charge >= 0.3 is 12.2 Å². The van der Waals surface area contributed by atoms with E-state index in [-0.39, 0.29) is 16.4 Å². The highest BCUT2D eigenvalue weighted by Gasteiger charge is 2.27. The van der Waals surface area contributed by atoms with E-state index in [9.17, 15) is 18.0 Å². The summed E-state index contributed by atoms with van der Waals surface area (Å²) in [6, 6.07) is -1.04. The number of H-pyrrole nitrogens is 1. The monoisotopic (exact) mass is 267 g/mol. The number of anilines is 1. The van der Waals surface area contributed by atoms with Gasteiger partial charge in [-0.05, 0) is 0 Å². The second kappa shape index (κ2) is 4.99. The third-order valence-corrected chi connectivity index (χ3v) is 1.81. The summed E-state index contributed by atoms with van der Waals surface area (Å²) in [5.74, 6) is 0.0391. The number of aromatic amines is 1. The van der Waals surface area contributed by atoms with Gasteiger partial charge in [0.25, 0.3) is 0 Å². The lowest BCUT2D eigenvalue weighted by Crippen LogP contribution is -2.37. The van der Waals surface area contributed by atoms with Crippen molar-refractivity contribution in [3.8, 4) is 0 Å². The van der Waals surface area contributed by atoms with Gasteiger partial charge in [-0.3, -0.25) is 10.4 Å². The van der Waals surface area contributed by atoms with Crippen molar-refractivity contribution in [1.82, 2.24) is 15.5 Å². The average Bonchev–Trinajstić information content (AvgIpc) is 2.62. The second-order valence-electron chi connectivity index (χ2n) is 2.95. The largest absolute Gasteiger partial charge is 0.405 e. The Kier molecular flexibility index (Phi) is 3.89. The summed E-state index contributed by atoms with van der Waals surface area (Å²) in [6.45, 7) is -1.44. The molecule has 5 N–H and O–H groups in total. The summed E-state index contributed by atoms with van der Waals surface area (Å²) in [5.41, 5.74) is 5.54. The number of rotatable bonds is 3. The van der Waals surface area contributed by atoms with E-state index in [0.717, 1.165) is 0 Å². The molecular formula is C7H8F3N5OS. The average molecular weight is 267 g/mol. The first-order chi connectivity index (χ1) is 7.79. The lowest BCUT2D eigenvalue weighted by molar-refractivity contribution is -0.122. The molecule has 94 valence electrons. The molecule has 1 heterocycles. The predicted octanol–water partition coefficient (Wildman–Crippen LogP) is 0.728. The minimum atomic E-state index is -4.47. The number of nitrogens with one attached hydrogen (secondary N) is 3. The summed E-state index contributed by atoms with van der Waals surface area (Å²) in [6.07, 6.45) is -3.22. The van der Waals surface area contributed by atoms with Crippen molar-refractivity contribution in [3.63, 3.8) is 0 Å². The molecule has 0 saturated carbocycles. The molecule has 0 radical (unpaired) electrons. The molecule has 0 aromatic carbocycles. The van der Waals surface area contributed by atoms with Crippen LogP contribution in [0.15, 0.2) is 6.20 Å². The highest BCUT2D eigenvalue weighted by atomic mass is 32.1. The summed E-state index contributed by atoms with van der Waals surface area (Å²) in [7, 11) is 0. The van der Waals surface area contributed by atoms with E-state index in [4.69, 9.17) is 5.73 Å². The van der Waals surface area contributed by atoms with Crippen LogP contribution in [0.3, 0.4) is 0 Å². The molecule has 0 bridgehead atoms. The standard InChI is InChI=1S/C7H8F3N5OS/c8-7(9,10)2-12-6(16)14-5-3(4(11)17)1-13-15-5/h1H,2H2,(H2,11,17)(H3,12,13,14,15,16). The second-order valence-corrected chi connectivity index (χ2v) is 3.39. The first-order valence-electron chi connectivity index (χ1n) is 4.24. The Morgan fingerprint density at radius 3 is 2.76 bits per heavy atom. The van der Waals surface area contributed by atoms with E-state index in [1.165, 1.54) is 6.20 Å². The zero-order valence-corrected chi connectivity index (χ0v) is 9.08. The quantitative estimate of drug-likeness (QED) is 0.607. The van der Waals surface area contributed by atoms with Crippen molar-refractivity contribution in [2.45, 2.75) is 6.18 Å². The molecule has 0 atom stereocenters. The zero-order chi connectivity index (χ0) is 13.1. The van der Waals surface area contributed by atoms with Crippen molar-refractivity contribution in [2.75, 3.05) is 11.9 Å². The number of halogens is 3. The Balaban J connectivity index is 2.57. The summed E-state index contributed by atoms with van der Waals surface area (Å²) < 4.78 is 35.4. The Hall–Kier alpha value is -1.84. The predicted molar refractivity (Wildman–Crippen MR) is 57.6 cm³/mol. The van der Waals surface area contributed by atoms with Crippen LogP contribution in [-0.4, -0.2) is 33.9 Å². The maximum atomic E-state index is 11.8. The van der Waals surface area contributed by atoms with Crippen LogP contribution in [0.25, 0.3) is 0 Å². The molecule has 0 unspecified atom stereocenters. The number of alkyl halides is 3. The van der Waals surface area contributed by atoms with E-state index < -0.39 is 18.8 Å². The zero-order valence-electron chi connectivity index (χ0n) is 8.26. The van der Waals surface area contributed by atoms with Crippen molar-refractivity contribution in [1.29, 1.82) is 0 Å². The molecule has 10 heteroatoms. The summed E-state index contributed by atoms with van der Waals surface area (Å²) >= 11 is 4.65. The first kappa shape index (κ1) is 13.2. The van der Waals surface area contributed by atoms with Gasteiger partial charge in [0.1, 0.15) is 17.4 Å². The van der Waals surface area contributed by atoms with E-state index in [1.54, 1.807) is 5.32 Å². The molecule has 17 heavy (non-hydrogen) atoms. The lowest BCUT2D eigenvalue weighted by Gasteiger charge is -2.09. The molecule has 0 saturated heterocycles. The van der Waals surface area contributed by atoms with Crippen molar-refractivity contribution in [3.05, 3.63) is 11.8 Å². The van der Waals surface area contributed by atoms with E-state index in [2.05, 4.69) is 27.7 Å². The van der Waals surface area contributed by atoms with Gasteiger partial charge < -0.3 is 11.1 Å². The molecule has 1 aromatic heterocycles. The molecule has 0 fully saturated rings. The number of urea groups is 1. The van der Waals surface area contributed by atoms with Gasteiger partial charge in [-0.1, -0.05) is 12.2 Å². The molecule has 1 aromatic rings. The Morgan fingerprint density at radius 2 is 2.24 bits per heavy atom. The van der Waals surface area contributed by atoms with Gasteiger partial charge in [0, 0.05) is 0 Å². The van der Waals surface area contributed by atoms with Crippen LogP contribution in [-0.2, 0) is 0 Å². The molecule has 0 spiro atoms. The Morgan fingerprint density at radius 1 is 1.59 bits per heavy atom. The molecule has 1 rings (SSSR count). The highest BCUT2D eigenvalue weighted by Crippen LogP contribution is 2.13. The minimum Gasteiger partial charge on any atom is -0.389 e. The number of nitrogens with zero attached hydrogens (tertiary/aromatic N) is 1. The Bertz CT molecular complexity index is 429. The van der Waals surface area contributed by atoms with Crippen LogP contribution in [0.2, 0.25) is 0 Å². The molecule has 6 nitrogen and oxygen atoms in total. The number of thiocarbonyl (C=S) groups is 1. The maximum Gasteiger partial charge on any atom is 0.405 e. The topological polar surface area (TPSA) is 95.8 Å². The fraction of sp³-hybridized carbons (Fsp3) is 0.286. The SMILES string of the molecule is NC(=S)c1cn[nH]c1NC(=O)NCC(F)(F)F. The number of hydrogen-bond donors (Lipinski definition) is 4. The van der Waals surface area contributed by atoms with E-state index in [0.29, 0.717) is 0 Å². The lowest BCUT2D eigenvalue weighted by atomic mass is 10.3. The number of carbonyl (C=O) groups is 1. The van der Waals surface area contributed by atoms with E-state index in [1.807, 2.05) is 0 Å². The van der Waals surface area contributed by atoms with Gasteiger partial charge in [-0.15, -0.1) is 0 Å². The van der Waals surface area contributed by atoms with Gasteiger partial charge in [0.15, 0.2) is 0 Å². The molecule has 2 amide bonds. The molecule has 0 aliphatic rings. The van der Waals surface area contributed by atoms with Crippen LogP contribution >= 0.6 is 12.2 Å². The number of aromatic nitrogens is 2. The van der Waals surface area contributed by atoms with Crippen LogP contribution in [0.4, 0.5) is 23.8 Å². The minimum absolute atomic E-state index is 0.0372. The number of amides is 2. The highest BCUT2D eigenvalue weighted by molar-refractivity contribution is 7.80. The summed E-state index contributed by atoms with van der Waals surface area (Å²) in [5, 5.41) is 9.62. The van der Waals surface area contributed by atoms with Crippen LogP contribution in [0.1, 0.15) is 5.56 Å². The van der Waals surface area contributed by atoms with Crippen molar-refractivity contribution in [2.24, 2.45) is 5.73 Å². The number of carbonyl (C=O) groups excluding carboxylic acids is 1. The number of hydrogen-bond acceptors (Lipinski definition) is 3. The Labute approximate surface area is 98.7 Å². The molecule has 0 aliphatic heterocycles. The third kappa shape index (κ3) is 4.26. The molecule has 0 aliphatic carbocycles. The molecular weight excluding hydrogens is 259 g/mol. The summed E-state index contributed by atoms with van der Waals surface area (Å²) in [4.78, 5) is 11.0. The van der Waals surface area contributed by atoms with Crippen LogP contribution < -0.4 is 16.4 Å². The fourth-order valence-corrected chi connectivity index (χ4v) is 1.06. The first-order valence-corrected chi connectivity index (χ1v) is 4.65. The van der Waals surface area contributed by atoms with Gasteiger partial charge in [0.2, 0.25) is 0 Å². The fourth-order valence-electron chi connectivity index (χ4n) is 0.906. The normalized spacial score (nSPS) is 11.0.